The number of aromatic nitrogens is 1. The van der Waals surface area contributed by atoms with Gasteiger partial charge in [0.15, 0.2) is 5.76 Å². The molecule has 0 saturated heterocycles. The summed E-state index contributed by atoms with van der Waals surface area (Å²) in [5, 5.41) is 3.90. The highest BCUT2D eigenvalue weighted by molar-refractivity contribution is 5.69. The molecule has 0 spiro atoms. The monoisotopic (exact) mass is 217 g/mol. The first-order chi connectivity index (χ1) is 7.61. The van der Waals surface area contributed by atoms with Crippen molar-refractivity contribution in [1.82, 2.24) is 5.16 Å². The van der Waals surface area contributed by atoms with Gasteiger partial charge in [-0.2, -0.15) is 0 Å². The van der Waals surface area contributed by atoms with Crippen LogP contribution in [0.3, 0.4) is 0 Å². The predicted molar refractivity (Wildman–Crippen MR) is 62.7 cm³/mol. The minimum absolute atomic E-state index is 0.751. The van der Waals surface area contributed by atoms with Crippen LogP contribution in [0.4, 0.5) is 0 Å². The summed E-state index contributed by atoms with van der Waals surface area (Å²) in [4.78, 5) is 0. The number of rotatable bonds is 2. The van der Waals surface area contributed by atoms with Crippen LogP contribution in [0, 0.1) is 20.8 Å². The molecule has 16 heavy (non-hydrogen) atoms. The standard InChI is InChI=1S/C13H15NO2/c1-8-5-9(2)13(15-4)11(6-8)12-7-10(3)14-16-12/h5-7H,1-4H3. The Kier molecular flexibility index (Phi) is 2.69. The van der Waals surface area contributed by atoms with Crippen molar-refractivity contribution in [1.29, 1.82) is 0 Å². The second-order valence-corrected chi connectivity index (χ2v) is 4.00. The van der Waals surface area contributed by atoms with Gasteiger partial charge in [-0.15, -0.1) is 0 Å². The molecule has 1 aromatic heterocycles. The second kappa shape index (κ2) is 4.00. The lowest BCUT2D eigenvalue weighted by molar-refractivity contribution is 0.402. The number of hydrogen-bond acceptors (Lipinski definition) is 3. The third-order valence-corrected chi connectivity index (χ3v) is 2.52. The number of hydrogen-bond donors (Lipinski definition) is 0. The highest BCUT2D eigenvalue weighted by Gasteiger charge is 2.13. The minimum atomic E-state index is 0.751. The number of aryl methyl sites for hydroxylation is 3. The fourth-order valence-corrected chi connectivity index (χ4v) is 1.90. The summed E-state index contributed by atoms with van der Waals surface area (Å²) in [7, 11) is 1.67. The Morgan fingerprint density at radius 2 is 1.88 bits per heavy atom. The van der Waals surface area contributed by atoms with E-state index in [4.69, 9.17) is 9.26 Å². The average Bonchev–Trinajstić information content (AvgIpc) is 2.63. The van der Waals surface area contributed by atoms with Gasteiger partial charge >= 0.3 is 0 Å². The number of ether oxygens (including phenoxy) is 1. The zero-order valence-electron chi connectivity index (χ0n) is 10.00. The van der Waals surface area contributed by atoms with E-state index in [1.54, 1.807) is 7.11 Å². The summed E-state index contributed by atoms with van der Waals surface area (Å²) in [6.45, 7) is 5.99. The Hall–Kier alpha value is -1.77. The van der Waals surface area contributed by atoms with Gasteiger partial charge in [-0.3, -0.25) is 0 Å². The second-order valence-electron chi connectivity index (χ2n) is 4.00. The molecular formula is C13H15NO2. The Bertz CT molecular complexity index is 515. The van der Waals surface area contributed by atoms with Crippen LogP contribution in [0.25, 0.3) is 11.3 Å². The smallest absolute Gasteiger partial charge is 0.170 e. The zero-order chi connectivity index (χ0) is 11.7. The molecule has 84 valence electrons. The van der Waals surface area contributed by atoms with Crippen LogP contribution in [0.2, 0.25) is 0 Å². The molecule has 0 bridgehead atoms. The first-order valence-corrected chi connectivity index (χ1v) is 5.20. The van der Waals surface area contributed by atoms with Crippen molar-refractivity contribution in [3.8, 4) is 17.1 Å². The highest BCUT2D eigenvalue weighted by Crippen LogP contribution is 2.34. The maximum atomic E-state index is 5.41. The number of methoxy groups -OCH3 is 1. The van der Waals surface area contributed by atoms with Crippen LogP contribution in [0.15, 0.2) is 22.7 Å². The van der Waals surface area contributed by atoms with Gasteiger partial charge in [0.05, 0.1) is 18.4 Å². The lowest BCUT2D eigenvalue weighted by Gasteiger charge is -2.10. The number of nitrogens with zero attached hydrogens (tertiary/aromatic N) is 1. The van der Waals surface area contributed by atoms with E-state index in [-0.39, 0.29) is 0 Å². The molecule has 0 aliphatic carbocycles. The van der Waals surface area contributed by atoms with Crippen molar-refractivity contribution >= 4 is 0 Å². The minimum Gasteiger partial charge on any atom is -0.496 e. The Labute approximate surface area is 95.0 Å². The van der Waals surface area contributed by atoms with Crippen LogP contribution in [0.5, 0.6) is 5.75 Å². The maximum Gasteiger partial charge on any atom is 0.170 e. The van der Waals surface area contributed by atoms with Gasteiger partial charge in [-0.05, 0) is 38.0 Å². The van der Waals surface area contributed by atoms with Crippen LogP contribution in [-0.2, 0) is 0 Å². The zero-order valence-corrected chi connectivity index (χ0v) is 10.00. The Balaban J connectivity index is 2.63. The molecule has 0 unspecified atom stereocenters. The summed E-state index contributed by atoms with van der Waals surface area (Å²) in [6.07, 6.45) is 0. The topological polar surface area (TPSA) is 35.3 Å². The molecule has 0 fully saturated rings. The molecular weight excluding hydrogens is 202 g/mol. The van der Waals surface area contributed by atoms with Gasteiger partial charge in [0.25, 0.3) is 0 Å². The molecule has 2 rings (SSSR count). The van der Waals surface area contributed by atoms with E-state index in [1.807, 2.05) is 26.0 Å². The van der Waals surface area contributed by atoms with E-state index >= 15 is 0 Å². The Morgan fingerprint density at radius 1 is 1.12 bits per heavy atom. The van der Waals surface area contributed by atoms with Gasteiger partial charge in [-0.25, -0.2) is 0 Å². The Morgan fingerprint density at radius 3 is 2.44 bits per heavy atom. The van der Waals surface area contributed by atoms with Crippen LogP contribution in [-0.4, -0.2) is 12.3 Å². The molecule has 0 aliphatic rings. The van der Waals surface area contributed by atoms with E-state index in [2.05, 4.69) is 18.1 Å². The molecule has 3 nitrogen and oxygen atoms in total. The fraction of sp³-hybridized carbons (Fsp3) is 0.308. The van der Waals surface area contributed by atoms with Crippen molar-refractivity contribution in [3.05, 3.63) is 35.0 Å². The van der Waals surface area contributed by atoms with Crippen molar-refractivity contribution in [2.45, 2.75) is 20.8 Å². The third kappa shape index (κ3) is 1.81. The molecule has 0 aliphatic heterocycles. The van der Waals surface area contributed by atoms with Crippen molar-refractivity contribution in [2.24, 2.45) is 0 Å². The largest absolute Gasteiger partial charge is 0.496 e. The summed E-state index contributed by atoms with van der Waals surface area (Å²) < 4.78 is 10.7. The maximum absolute atomic E-state index is 5.41. The molecule has 0 N–H and O–H groups in total. The van der Waals surface area contributed by atoms with Gasteiger partial charge in [0.2, 0.25) is 0 Å². The predicted octanol–water partition coefficient (Wildman–Crippen LogP) is 3.28. The lowest BCUT2D eigenvalue weighted by Crippen LogP contribution is -1.92. The van der Waals surface area contributed by atoms with Crippen LogP contribution < -0.4 is 4.74 Å². The summed E-state index contributed by atoms with van der Waals surface area (Å²) in [6, 6.07) is 6.05. The van der Waals surface area contributed by atoms with Crippen LogP contribution >= 0.6 is 0 Å². The first kappa shape index (κ1) is 10.7. The normalized spacial score (nSPS) is 10.5. The highest BCUT2D eigenvalue weighted by atomic mass is 16.5. The van der Waals surface area contributed by atoms with Gasteiger partial charge < -0.3 is 9.26 Å². The molecule has 1 aromatic carbocycles. The fourth-order valence-electron chi connectivity index (χ4n) is 1.90. The quantitative estimate of drug-likeness (QED) is 0.774. The van der Waals surface area contributed by atoms with Crippen molar-refractivity contribution in [2.75, 3.05) is 7.11 Å². The van der Waals surface area contributed by atoms with E-state index in [0.29, 0.717) is 0 Å². The summed E-state index contributed by atoms with van der Waals surface area (Å²) >= 11 is 0. The van der Waals surface area contributed by atoms with Crippen LogP contribution in [0.1, 0.15) is 16.8 Å². The lowest BCUT2D eigenvalue weighted by atomic mass is 10.0. The molecule has 1 heterocycles. The summed E-state index contributed by atoms with van der Waals surface area (Å²) in [5.74, 6) is 1.60. The van der Waals surface area contributed by atoms with E-state index in [0.717, 1.165) is 28.3 Å². The van der Waals surface area contributed by atoms with E-state index in [1.165, 1.54) is 5.56 Å². The first-order valence-electron chi connectivity index (χ1n) is 5.20. The third-order valence-electron chi connectivity index (χ3n) is 2.52. The summed E-state index contributed by atoms with van der Waals surface area (Å²) in [5.41, 5.74) is 4.12. The van der Waals surface area contributed by atoms with E-state index < -0.39 is 0 Å². The van der Waals surface area contributed by atoms with Crippen molar-refractivity contribution in [3.63, 3.8) is 0 Å². The molecule has 0 amide bonds. The molecule has 0 atom stereocenters. The molecule has 2 aromatic rings. The molecule has 0 radical (unpaired) electrons. The molecule has 0 saturated carbocycles. The molecule has 3 heteroatoms. The van der Waals surface area contributed by atoms with Gasteiger partial charge in [-0.1, -0.05) is 11.2 Å². The van der Waals surface area contributed by atoms with Gasteiger partial charge in [0.1, 0.15) is 5.75 Å². The average molecular weight is 217 g/mol. The SMILES string of the molecule is COc1c(C)cc(C)cc1-c1cc(C)no1. The van der Waals surface area contributed by atoms with Gasteiger partial charge in [0, 0.05) is 6.07 Å². The van der Waals surface area contributed by atoms with E-state index in [9.17, 15) is 0 Å². The number of benzene rings is 1. The van der Waals surface area contributed by atoms with Crippen molar-refractivity contribution < 1.29 is 9.26 Å².